The molecule has 1 aliphatic rings. The van der Waals surface area contributed by atoms with Crippen LogP contribution >= 0.6 is 12.4 Å². The first-order chi connectivity index (χ1) is 11.8. The van der Waals surface area contributed by atoms with Crippen molar-refractivity contribution in [3.05, 3.63) is 18.2 Å². The van der Waals surface area contributed by atoms with Gasteiger partial charge >= 0.3 is 5.97 Å². The van der Waals surface area contributed by atoms with Gasteiger partial charge < -0.3 is 19.5 Å². The minimum absolute atomic E-state index is 0. The maximum atomic E-state index is 12.9. The van der Waals surface area contributed by atoms with Crippen molar-refractivity contribution in [3.63, 3.8) is 0 Å². The van der Waals surface area contributed by atoms with Crippen LogP contribution in [-0.2, 0) is 19.6 Å². The molecule has 0 aliphatic carbocycles. The smallest absolute Gasteiger partial charge is 0.312 e. The summed E-state index contributed by atoms with van der Waals surface area (Å²) < 4.78 is 37.2. The third-order valence-corrected chi connectivity index (χ3v) is 5.80. The number of carboxylic acids is 1. The summed E-state index contributed by atoms with van der Waals surface area (Å²) in [7, 11) is -1.02. The summed E-state index contributed by atoms with van der Waals surface area (Å²) in [5.41, 5.74) is 0. The van der Waals surface area contributed by atoms with Gasteiger partial charge in [-0.3, -0.25) is 9.59 Å². The van der Waals surface area contributed by atoms with E-state index >= 15 is 0 Å². The van der Waals surface area contributed by atoms with Gasteiger partial charge in [-0.2, -0.15) is 4.31 Å². The van der Waals surface area contributed by atoms with Gasteiger partial charge in [0.05, 0.1) is 14.2 Å². The molecular weight excluding hydrogens is 388 g/mol. The summed E-state index contributed by atoms with van der Waals surface area (Å²) in [6, 6.07) is 4.49. The van der Waals surface area contributed by atoms with Gasteiger partial charge in [-0.25, -0.2) is 8.42 Å². The average Bonchev–Trinajstić information content (AvgIpc) is 2.60. The predicted molar refractivity (Wildman–Crippen MR) is 94.4 cm³/mol. The van der Waals surface area contributed by atoms with Crippen LogP contribution < -0.4 is 9.47 Å². The molecule has 0 aromatic heterocycles. The van der Waals surface area contributed by atoms with Crippen LogP contribution in [0.15, 0.2) is 23.1 Å². The lowest BCUT2D eigenvalue weighted by Crippen LogP contribution is -2.50. The largest absolute Gasteiger partial charge is 0.497 e. The van der Waals surface area contributed by atoms with Gasteiger partial charge in [0.2, 0.25) is 15.9 Å². The summed E-state index contributed by atoms with van der Waals surface area (Å²) >= 11 is 0. The molecule has 1 heterocycles. The van der Waals surface area contributed by atoms with Crippen molar-refractivity contribution in [2.24, 2.45) is 0 Å². The summed E-state index contributed by atoms with van der Waals surface area (Å²) in [6.07, 6.45) is -0.601. The standard InChI is InChI=1S/C15H20N2O7S.ClH/c1-23-11-3-4-12(24-2)13(9-11)25(21,22)17-7-5-16(6-8-17)14(18)10-15(19)20;/h3-4,9H,5-8,10H2,1-2H3,(H,19,20);1H. The highest BCUT2D eigenvalue weighted by atomic mass is 35.5. The second kappa shape index (κ2) is 9.06. The third kappa shape index (κ3) is 4.77. The number of carboxylic acid groups (broad SMARTS) is 1. The van der Waals surface area contributed by atoms with E-state index in [2.05, 4.69) is 0 Å². The Balaban J connectivity index is 0.00000338. The van der Waals surface area contributed by atoms with E-state index in [1.165, 1.54) is 35.6 Å². The Morgan fingerprint density at radius 1 is 1.12 bits per heavy atom. The number of aliphatic carboxylic acids is 1. The molecule has 9 nitrogen and oxygen atoms in total. The van der Waals surface area contributed by atoms with E-state index in [-0.39, 0.29) is 49.2 Å². The zero-order chi connectivity index (χ0) is 18.6. The molecule has 2 rings (SSSR count). The molecule has 1 aromatic rings. The normalized spacial score (nSPS) is 15.1. The summed E-state index contributed by atoms with van der Waals surface area (Å²) in [4.78, 5) is 23.7. The molecular formula is C15H21ClN2O7S. The first-order valence-electron chi connectivity index (χ1n) is 7.51. The molecule has 0 unspecified atom stereocenters. The molecule has 0 radical (unpaired) electrons. The van der Waals surface area contributed by atoms with Gasteiger partial charge in [0.15, 0.2) is 0 Å². The quantitative estimate of drug-likeness (QED) is 0.679. The Bertz CT molecular complexity index is 761. The molecule has 1 aliphatic heterocycles. The highest BCUT2D eigenvalue weighted by Gasteiger charge is 2.32. The van der Waals surface area contributed by atoms with Gasteiger partial charge in [-0.05, 0) is 12.1 Å². The van der Waals surface area contributed by atoms with Crippen LogP contribution in [0.4, 0.5) is 0 Å². The van der Waals surface area contributed by atoms with Crippen LogP contribution in [0.25, 0.3) is 0 Å². The number of halogens is 1. The van der Waals surface area contributed by atoms with E-state index in [1.54, 1.807) is 6.07 Å². The zero-order valence-electron chi connectivity index (χ0n) is 14.4. The van der Waals surface area contributed by atoms with Crippen LogP contribution in [0.1, 0.15) is 6.42 Å². The number of nitrogens with zero attached hydrogens (tertiary/aromatic N) is 2. The van der Waals surface area contributed by atoms with Crippen molar-refractivity contribution in [1.29, 1.82) is 0 Å². The topological polar surface area (TPSA) is 113 Å². The van der Waals surface area contributed by atoms with Crippen LogP contribution in [0.2, 0.25) is 0 Å². The van der Waals surface area contributed by atoms with Crippen molar-refractivity contribution in [3.8, 4) is 11.5 Å². The first-order valence-corrected chi connectivity index (χ1v) is 8.95. The number of methoxy groups -OCH3 is 2. The highest BCUT2D eigenvalue weighted by molar-refractivity contribution is 7.89. The molecule has 1 saturated heterocycles. The van der Waals surface area contributed by atoms with Crippen molar-refractivity contribution < 1.29 is 32.6 Å². The SMILES string of the molecule is COc1ccc(OC)c(S(=O)(=O)N2CCN(C(=O)CC(=O)O)CC2)c1.Cl. The van der Waals surface area contributed by atoms with E-state index in [0.717, 1.165) is 0 Å². The third-order valence-electron chi connectivity index (χ3n) is 3.88. The second-order valence-corrected chi connectivity index (χ2v) is 7.28. The highest BCUT2D eigenvalue weighted by Crippen LogP contribution is 2.31. The lowest BCUT2D eigenvalue weighted by atomic mass is 10.3. The van der Waals surface area contributed by atoms with Crippen LogP contribution in [0.3, 0.4) is 0 Å². The van der Waals surface area contributed by atoms with E-state index in [1.807, 2.05) is 0 Å². The number of ether oxygens (including phenoxy) is 2. The predicted octanol–water partition coefficient (Wildman–Crippen LogP) is 0.433. The molecule has 26 heavy (non-hydrogen) atoms. The number of rotatable bonds is 6. The molecule has 1 fully saturated rings. The molecule has 0 bridgehead atoms. The average molecular weight is 409 g/mol. The van der Waals surface area contributed by atoms with E-state index in [0.29, 0.717) is 5.75 Å². The Hall–Kier alpha value is -2.04. The number of carbonyl (C=O) groups excluding carboxylic acids is 1. The Morgan fingerprint density at radius 2 is 1.73 bits per heavy atom. The fourth-order valence-electron chi connectivity index (χ4n) is 2.54. The van der Waals surface area contributed by atoms with E-state index < -0.39 is 28.3 Å². The Kier molecular flexibility index (Phi) is 7.67. The number of carbonyl (C=O) groups is 2. The molecule has 0 saturated carbocycles. The Labute approximate surface area is 157 Å². The van der Waals surface area contributed by atoms with Crippen molar-refractivity contribution in [2.75, 3.05) is 40.4 Å². The van der Waals surface area contributed by atoms with Gasteiger partial charge in [-0.1, -0.05) is 0 Å². The number of hydrogen-bond acceptors (Lipinski definition) is 6. The number of piperazine rings is 1. The summed E-state index contributed by atoms with van der Waals surface area (Å²) in [5, 5.41) is 8.67. The number of benzene rings is 1. The van der Waals surface area contributed by atoms with Crippen molar-refractivity contribution in [1.82, 2.24) is 9.21 Å². The second-order valence-electron chi connectivity index (χ2n) is 5.37. The van der Waals surface area contributed by atoms with Gasteiger partial charge in [0.25, 0.3) is 0 Å². The van der Waals surface area contributed by atoms with E-state index in [4.69, 9.17) is 14.6 Å². The maximum Gasteiger partial charge on any atom is 0.312 e. The molecule has 0 spiro atoms. The lowest BCUT2D eigenvalue weighted by molar-refractivity contribution is -0.144. The summed E-state index contributed by atoms with van der Waals surface area (Å²) in [5.74, 6) is -1.15. The van der Waals surface area contributed by atoms with E-state index in [9.17, 15) is 18.0 Å². The van der Waals surface area contributed by atoms with Crippen LogP contribution in [-0.4, -0.2) is 75.0 Å². The Morgan fingerprint density at radius 3 is 2.23 bits per heavy atom. The fraction of sp³-hybridized carbons (Fsp3) is 0.467. The molecule has 1 aromatic carbocycles. The summed E-state index contributed by atoms with van der Waals surface area (Å²) in [6.45, 7) is 0.428. The van der Waals surface area contributed by atoms with Crippen molar-refractivity contribution >= 4 is 34.3 Å². The molecule has 1 amide bonds. The number of sulfonamides is 1. The van der Waals surface area contributed by atoms with Gasteiger partial charge in [-0.15, -0.1) is 12.4 Å². The molecule has 146 valence electrons. The molecule has 0 atom stereocenters. The minimum atomic E-state index is -3.84. The van der Waals surface area contributed by atoms with Crippen LogP contribution in [0, 0.1) is 0 Å². The van der Waals surface area contributed by atoms with Gasteiger partial charge in [0.1, 0.15) is 22.8 Å². The molecule has 11 heteroatoms. The molecule has 1 N–H and O–H groups in total. The maximum absolute atomic E-state index is 12.9. The zero-order valence-corrected chi connectivity index (χ0v) is 16.0. The van der Waals surface area contributed by atoms with Crippen LogP contribution in [0.5, 0.6) is 11.5 Å². The lowest BCUT2D eigenvalue weighted by Gasteiger charge is -2.34. The minimum Gasteiger partial charge on any atom is -0.497 e. The monoisotopic (exact) mass is 408 g/mol. The first kappa shape index (κ1) is 22.0. The van der Waals surface area contributed by atoms with Gasteiger partial charge in [0, 0.05) is 32.2 Å². The number of amides is 1. The fourth-order valence-corrected chi connectivity index (χ4v) is 4.14. The van der Waals surface area contributed by atoms with Crippen molar-refractivity contribution in [2.45, 2.75) is 11.3 Å². The number of hydrogen-bond donors (Lipinski definition) is 1.